The molecule has 2 amide bonds. The van der Waals surface area contributed by atoms with Gasteiger partial charge in [-0.2, -0.15) is 13.2 Å². The normalized spacial score (nSPS) is 20.3. The van der Waals surface area contributed by atoms with Gasteiger partial charge in [-0.25, -0.2) is 0 Å². The van der Waals surface area contributed by atoms with Gasteiger partial charge in [0, 0.05) is 24.7 Å². The van der Waals surface area contributed by atoms with Crippen molar-refractivity contribution in [3.8, 4) is 11.5 Å². The highest BCUT2D eigenvalue weighted by Gasteiger charge is 2.47. The Labute approximate surface area is 185 Å². The van der Waals surface area contributed by atoms with Gasteiger partial charge in [-0.1, -0.05) is 0 Å². The quantitative estimate of drug-likeness (QED) is 0.682. The summed E-state index contributed by atoms with van der Waals surface area (Å²) in [6, 6.07) is 3.31. The molecule has 2 aliphatic rings. The number of methoxy groups -OCH3 is 2. The summed E-state index contributed by atoms with van der Waals surface area (Å²) in [5, 5.41) is 2.93. The summed E-state index contributed by atoms with van der Waals surface area (Å²) < 4.78 is 49.7. The first-order valence-corrected chi connectivity index (χ1v) is 10.8. The Balaban J connectivity index is 1.44. The van der Waals surface area contributed by atoms with Crippen molar-refractivity contribution >= 4 is 11.8 Å². The van der Waals surface area contributed by atoms with Gasteiger partial charge in [0.2, 0.25) is 5.91 Å². The van der Waals surface area contributed by atoms with Gasteiger partial charge in [-0.3, -0.25) is 14.5 Å². The molecule has 0 aliphatic carbocycles. The Hall–Kier alpha value is -2.49. The first kappa shape index (κ1) is 24.2. The molecule has 0 aromatic heterocycles. The number of alkyl halides is 3. The predicted molar refractivity (Wildman–Crippen MR) is 112 cm³/mol. The molecule has 2 saturated heterocycles. The SMILES string of the molecule is COc1cc(OC)cc(C(=O)NCC2CCN(CC(=O)N3CCCC3C(F)(F)F)CC2)c1. The number of nitrogens with zero attached hydrogens (tertiary/aromatic N) is 2. The highest BCUT2D eigenvalue weighted by molar-refractivity contribution is 5.95. The van der Waals surface area contributed by atoms with Gasteiger partial charge in [0.15, 0.2) is 0 Å². The van der Waals surface area contributed by atoms with E-state index in [2.05, 4.69) is 5.32 Å². The molecule has 32 heavy (non-hydrogen) atoms. The molecule has 1 aromatic rings. The largest absolute Gasteiger partial charge is 0.497 e. The van der Waals surface area contributed by atoms with E-state index in [1.165, 1.54) is 14.2 Å². The topological polar surface area (TPSA) is 71.1 Å². The van der Waals surface area contributed by atoms with E-state index in [0.29, 0.717) is 43.1 Å². The maximum Gasteiger partial charge on any atom is 0.408 e. The number of carbonyl (C=O) groups is 2. The molecule has 0 bridgehead atoms. The highest BCUT2D eigenvalue weighted by atomic mass is 19.4. The molecule has 0 spiro atoms. The lowest BCUT2D eigenvalue weighted by molar-refractivity contribution is -0.183. The number of piperidine rings is 1. The van der Waals surface area contributed by atoms with E-state index in [9.17, 15) is 22.8 Å². The lowest BCUT2D eigenvalue weighted by atomic mass is 9.96. The number of halogens is 3. The van der Waals surface area contributed by atoms with Gasteiger partial charge in [-0.05, 0) is 56.8 Å². The zero-order chi connectivity index (χ0) is 23.3. The van der Waals surface area contributed by atoms with Crippen LogP contribution in [-0.4, -0.2) is 80.8 Å². The van der Waals surface area contributed by atoms with E-state index in [0.717, 1.165) is 17.7 Å². The Morgan fingerprint density at radius 1 is 1.03 bits per heavy atom. The second-order valence-corrected chi connectivity index (χ2v) is 8.32. The predicted octanol–water partition coefficient (Wildman–Crippen LogP) is 2.70. The number of rotatable bonds is 7. The van der Waals surface area contributed by atoms with Gasteiger partial charge < -0.3 is 19.7 Å². The molecule has 1 atom stereocenters. The maximum atomic E-state index is 13.1. The fourth-order valence-electron chi connectivity index (χ4n) is 4.31. The van der Waals surface area contributed by atoms with E-state index in [4.69, 9.17) is 9.47 Å². The zero-order valence-corrected chi connectivity index (χ0v) is 18.4. The van der Waals surface area contributed by atoms with Crippen molar-refractivity contribution in [1.82, 2.24) is 15.1 Å². The second-order valence-electron chi connectivity index (χ2n) is 8.32. The molecule has 2 fully saturated rings. The van der Waals surface area contributed by atoms with Crippen LogP contribution in [0, 0.1) is 5.92 Å². The fraction of sp³-hybridized carbons (Fsp3) is 0.636. The third-order valence-electron chi connectivity index (χ3n) is 6.18. The Morgan fingerprint density at radius 2 is 1.66 bits per heavy atom. The van der Waals surface area contributed by atoms with Gasteiger partial charge in [-0.15, -0.1) is 0 Å². The molecule has 0 radical (unpaired) electrons. The Kier molecular flexibility index (Phi) is 7.86. The van der Waals surface area contributed by atoms with Crippen LogP contribution in [-0.2, 0) is 4.79 Å². The van der Waals surface area contributed by atoms with E-state index < -0.39 is 18.1 Å². The third-order valence-corrected chi connectivity index (χ3v) is 6.18. The molecule has 2 aliphatic heterocycles. The average molecular weight is 457 g/mol. The number of benzene rings is 1. The standard InChI is InChI=1S/C22H30F3N3O4/c1-31-17-10-16(11-18(12-17)32-2)21(30)26-13-15-5-8-27(9-6-15)14-20(29)28-7-3-4-19(28)22(23,24)25/h10-12,15,19H,3-9,13-14H2,1-2H3,(H,26,30). The van der Waals surface area contributed by atoms with Crippen molar-refractivity contribution in [1.29, 1.82) is 0 Å². The molecular weight excluding hydrogens is 427 g/mol. The summed E-state index contributed by atoms with van der Waals surface area (Å²) in [6.07, 6.45) is -2.48. The smallest absolute Gasteiger partial charge is 0.408 e. The van der Waals surface area contributed by atoms with Crippen LogP contribution < -0.4 is 14.8 Å². The monoisotopic (exact) mass is 457 g/mol. The average Bonchev–Trinajstić information content (AvgIpc) is 3.29. The minimum Gasteiger partial charge on any atom is -0.497 e. The highest BCUT2D eigenvalue weighted by Crippen LogP contribution is 2.32. The number of hydrogen-bond acceptors (Lipinski definition) is 5. The molecule has 7 nitrogen and oxygen atoms in total. The van der Waals surface area contributed by atoms with Crippen molar-refractivity contribution in [3.63, 3.8) is 0 Å². The van der Waals surface area contributed by atoms with Gasteiger partial charge in [0.25, 0.3) is 5.91 Å². The van der Waals surface area contributed by atoms with Crippen LogP contribution in [0.1, 0.15) is 36.0 Å². The van der Waals surface area contributed by atoms with Gasteiger partial charge in [0.1, 0.15) is 17.5 Å². The molecule has 10 heteroatoms. The van der Waals surface area contributed by atoms with E-state index in [1.54, 1.807) is 18.2 Å². The Bertz CT molecular complexity index is 788. The number of ether oxygens (including phenoxy) is 2. The number of hydrogen-bond donors (Lipinski definition) is 1. The van der Waals surface area contributed by atoms with E-state index in [-0.39, 0.29) is 31.3 Å². The van der Waals surface area contributed by atoms with Crippen LogP contribution in [0.5, 0.6) is 11.5 Å². The lowest BCUT2D eigenvalue weighted by Gasteiger charge is -2.34. The number of nitrogens with one attached hydrogen (secondary N) is 1. The van der Waals surface area contributed by atoms with Gasteiger partial charge >= 0.3 is 6.18 Å². The van der Waals surface area contributed by atoms with Crippen LogP contribution in [0.15, 0.2) is 18.2 Å². The summed E-state index contributed by atoms with van der Waals surface area (Å²) in [6.45, 7) is 1.89. The van der Waals surface area contributed by atoms with Crippen LogP contribution >= 0.6 is 0 Å². The van der Waals surface area contributed by atoms with E-state index >= 15 is 0 Å². The van der Waals surface area contributed by atoms with E-state index in [1.807, 2.05) is 4.90 Å². The summed E-state index contributed by atoms with van der Waals surface area (Å²) in [5.74, 6) is 0.611. The van der Waals surface area contributed by atoms with Crippen molar-refractivity contribution in [3.05, 3.63) is 23.8 Å². The molecular formula is C22H30F3N3O4. The maximum absolute atomic E-state index is 13.1. The molecule has 0 saturated carbocycles. The summed E-state index contributed by atoms with van der Waals surface area (Å²) in [4.78, 5) is 27.8. The molecule has 1 N–H and O–H groups in total. The summed E-state index contributed by atoms with van der Waals surface area (Å²) in [7, 11) is 3.03. The van der Waals surface area contributed by atoms with Crippen LogP contribution in [0.4, 0.5) is 13.2 Å². The first-order valence-electron chi connectivity index (χ1n) is 10.8. The molecule has 2 heterocycles. The minimum atomic E-state index is -4.37. The molecule has 1 aromatic carbocycles. The molecule has 1 unspecified atom stereocenters. The number of carbonyl (C=O) groups excluding carboxylic acids is 2. The van der Waals surface area contributed by atoms with Gasteiger partial charge in [0.05, 0.1) is 20.8 Å². The minimum absolute atomic E-state index is 0.00919. The zero-order valence-electron chi connectivity index (χ0n) is 18.4. The number of likely N-dealkylation sites (tertiary alicyclic amines) is 2. The molecule has 3 rings (SSSR count). The van der Waals surface area contributed by atoms with Crippen molar-refractivity contribution in [2.45, 2.75) is 37.9 Å². The lowest BCUT2D eigenvalue weighted by Crippen LogP contribution is -2.49. The van der Waals surface area contributed by atoms with Crippen molar-refractivity contribution < 1.29 is 32.2 Å². The van der Waals surface area contributed by atoms with Crippen LogP contribution in [0.3, 0.4) is 0 Å². The summed E-state index contributed by atoms with van der Waals surface area (Å²) >= 11 is 0. The fourth-order valence-corrected chi connectivity index (χ4v) is 4.31. The molecule has 178 valence electrons. The second kappa shape index (κ2) is 10.4. The Morgan fingerprint density at radius 3 is 2.22 bits per heavy atom. The number of amides is 2. The van der Waals surface area contributed by atoms with Crippen molar-refractivity contribution in [2.75, 3.05) is 46.9 Å². The summed E-state index contributed by atoms with van der Waals surface area (Å²) in [5.41, 5.74) is 0.439. The van der Waals surface area contributed by atoms with Crippen LogP contribution in [0.25, 0.3) is 0 Å². The van der Waals surface area contributed by atoms with Crippen LogP contribution in [0.2, 0.25) is 0 Å². The third kappa shape index (κ3) is 6.05. The van der Waals surface area contributed by atoms with Crippen molar-refractivity contribution in [2.24, 2.45) is 5.92 Å². The first-order chi connectivity index (χ1) is 15.2.